The Bertz CT molecular complexity index is 350. The monoisotopic (exact) mass is 237 g/mol. The lowest BCUT2D eigenvalue weighted by Gasteiger charge is -2.35. The Balaban J connectivity index is 1.66. The molecule has 2 rings (SSSR count). The van der Waals surface area contributed by atoms with E-state index in [0.29, 0.717) is 24.3 Å². The molecule has 0 heterocycles. The summed E-state index contributed by atoms with van der Waals surface area (Å²) in [4.78, 5) is 0. The topological polar surface area (TPSA) is 21.3 Å². The van der Waals surface area contributed by atoms with Gasteiger partial charge in [0, 0.05) is 11.6 Å². The first-order chi connectivity index (χ1) is 8.29. The van der Waals surface area contributed by atoms with Crippen molar-refractivity contribution in [2.45, 2.75) is 44.9 Å². The van der Waals surface area contributed by atoms with Crippen molar-refractivity contribution >= 4 is 0 Å². The molecule has 17 heavy (non-hydrogen) atoms. The number of benzene rings is 1. The van der Waals surface area contributed by atoms with Crippen LogP contribution < -0.4 is 5.32 Å². The molecule has 1 N–H and O–H groups in total. The first-order valence-corrected chi connectivity index (χ1v) is 6.38. The predicted molar refractivity (Wildman–Crippen MR) is 66.3 cm³/mol. The molecule has 0 aromatic heterocycles. The van der Waals surface area contributed by atoms with Crippen LogP contribution in [0.2, 0.25) is 0 Å². The zero-order chi connectivity index (χ0) is 12.1. The average molecular weight is 237 g/mol. The van der Waals surface area contributed by atoms with Gasteiger partial charge in [-0.05, 0) is 31.9 Å². The van der Waals surface area contributed by atoms with E-state index in [4.69, 9.17) is 4.74 Å². The molecule has 1 aromatic rings. The Morgan fingerprint density at radius 2 is 2.12 bits per heavy atom. The molecular weight excluding hydrogens is 217 g/mol. The summed E-state index contributed by atoms with van der Waals surface area (Å²) in [6.45, 7) is 3.63. The van der Waals surface area contributed by atoms with Crippen LogP contribution in [0.4, 0.5) is 4.39 Å². The summed E-state index contributed by atoms with van der Waals surface area (Å²) in [7, 11) is 0. The van der Waals surface area contributed by atoms with Crippen molar-refractivity contribution in [2.24, 2.45) is 0 Å². The number of nitrogens with one attached hydrogen (secondary N) is 1. The third kappa shape index (κ3) is 3.51. The third-order valence-corrected chi connectivity index (χ3v) is 3.21. The van der Waals surface area contributed by atoms with Gasteiger partial charge in [-0.3, -0.25) is 0 Å². The van der Waals surface area contributed by atoms with Crippen LogP contribution in [0.25, 0.3) is 0 Å². The molecule has 0 radical (unpaired) electrons. The van der Waals surface area contributed by atoms with Crippen LogP contribution in [0.5, 0.6) is 0 Å². The van der Waals surface area contributed by atoms with E-state index in [1.54, 1.807) is 12.1 Å². The minimum absolute atomic E-state index is 0.174. The Hall–Kier alpha value is -0.930. The summed E-state index contributed by atoms with van der Waals surface area (Å²) >= 11 is 0. The van der Waals surface area contributed by atoms with Crippen LogP contribution >= 0.6 is 0 Å². The predicted octanol–water partition coefficient (Wildman–Crippen LogP) is 2.87. The van der Waals surface area contributed by atoms with Crippen molar-refractivity contribution in [1.29, 1.82) is 0 Å². The van der Waals surface area contributed by atoms with Gasteiger partial charge in [-0.15, -0.1) is 0 Å². The fraction of sp³-hybridized carbons (Fsp3) is 0.571. The fourth-order valence-corrected chi connectivity index (χ4v) is 2.04. The highest BCUT2D eigenvalue weighted by atomic mass is 19.1. The van der Waals surface area contributed by atoms with Crippen LogP contribution in [-0.2, 0) is 11.3 Å². The van der Waals surface area contributed by atoms with E-state index in [1.807, 2.05) is 6.07 Å². The molecule has 3 heteroatoms. The van der Waals surface area contributed by atoms with Crippen LogP contribution in [0.15, 0.2) is 24.3 Å². The largest absolute Gasteiger partial charge is 0.373 e. The molecule has 94 valence electrons. The van der Waals surface area contributed by atoms with E-state index in [9.17, 15) is 4.39 Å². The molecule has 1 aromatic carbocycles. The molecule has 0 atom stereocenters. The Kier molecular flexibility index (Phi) is 4.51. The van der Waals surface area contributed by atoms with Crippen LogP contribution in [0, 0.1) is 5.82 Å². The van der Waals surface area contributed by atoms with Crippen molar-refractivity contribution in [3.05, 3.63) is 35.6 Å². The van der Waals surface area contributed by atoms with Gasteiger partial charge in [0.1, 0.15) is 5.82 Å². The SMILES string of the molecule is CCCNC1CC(OCc2ccccc2F)C1. The van der Waals surface area contributed by atoms with E-state index < -0.39 is 0 Å². The van der Waals surface area contributed by atoms with E-state index in [0.717, 1.165) is 25.8 Å². The highest BCUT2D eigenvalue weighted by Crippen LogP contribution is 2.24. The molecule has 2 nitrogen and oxygen atoms in total. The lowest BCUT2D eigenvalue weighted by atomic mass is 9.89. The quantitative estimate of drug-likeness (QED) is 0.821. The molecule has 0 unspecified atom stereocenters. The van der Waals surface area contributed by atoms with Gasteiger partial charge in [-0.25, -0.2) is 4.39 Å². The van der Waals surface area contributed by atoms with Crippen molar-refractivity contribution in [3.63, 3.8) is 0 Å². The van der Waals surface area contributed by atoms with Gasteiger partial charge in [0.25, 0.3) is 0 Å². The van der Waals surface area contributed by atoms with Gasteiger partial charge in [-0.2, -0.15) is 0 Å². The number of rotatable bonds is 6. The van der Waals surface area contributed by atoms with Gasteiger partial charge in [-0.1, -0.05) is 25.1 Å². The highest BCUT2D eigenvalue weighted by molar-refractivity contribution is 5.16. The van der Waals surface area contributed by atoms with Crippen molar-refractivity contribution in [2.75, 3.05) is 6.54 Å². The Morgan fingerprint density at radius 1 is 1.35 bits per heavy atom. The summed E-state index contributed by atoms with van der Waals surface area (Å²) < 4.78 is 19.0. The van der Waals surface area contributed by atoms with Crippen LogP contribution in [0.3, 0.4) is 0 Å². The zero-order valence-corrected chi connectivity index (χ0v) is 10.3. The minimum atomic E-state index is -0.174. The molecule has 1 fully saturated rings. The maximum atomic E-state index is 13.3. The Morgan fingerprint density at radius 3 is 2.82 bits per heavy atom. The molecule has 1 saturated carbocycles. The maximum absolute atomic E-state index is 13.3. The van der Waals surface area contributed by atoms with Gasteiger partial charge < -0.3 is 10.1 Å². The van der Waals surface area contributed by atoms with Crippen molar-refractivity contribution in [3.8, 4) is 0 Å². The Labute approximate surface area is 102 Å². The molecule has 0 bridgehead atoms. The smallest absolute Gasteiger partial charge is 0.128 e. The second-order valence-corrected chi connectivity index (χ2v) is 4.65. The molecule has 0 saturated heterocycles. The van der Waals surface area contributed by atoms with Gasteiger partial charge >= 0.3 is 0 Å². The van der Waals surface area contributed by atoms with E-state index in [2.05, 4.69) is 12.2 Å². The molecule has 1 aliphatic carbocycles. The molecule has 0 spiro atoms. The summed E-state index contributed by atoms with van der Waals surface area (Å²) in [6, 6.07) is 7.40. The molecule has 1 aliphatic rings. The minimum Gasteiger partial charge on any atom is -0.373 e. The van der Waals surface area contributed by atoms with Gasteiger partial charge in [0.2, 0.25) is 0 Å². The maximum Gasteiger partial charge on any atom is 0.128 e. The van der Waals surface area contributed by atoms with Gasteiger partial charge in [0.05, 0.1) is 12.7 Å². The van der Waals surface area contributed by atoms with Crippen LogP contribution in [-0.4, -0.2) is 18.7 Å². The van der Waals surface area contributed by atoms with E-state index in [1.165, 1.54) is 6.07 Å². The lowest BCUT2D eigenvalue weighted by Crippen LogP contribution is -2.45. The van der Waals surface area contributed by atoms with E-state index in [-0.39, 0.29) is 5.82 Å². The first-order valence-electron chi connectivity index (χ1n) is 6.38. The third-order valence-electron chi connectivity index (χ3n) is 3.21. The number of hydrogen-bond donors (Lipinski definition) is 1. The molecule has 0 aliphatic heterocycles. The van der Waals surface area contributed by atoms with E-state index >= 15 is 0 Å². The summed E-state index contributed by atoms with van der Waals surface area (Å²) in [5.41, 5.74) is 0.650. The number of halogens is 1. The highest BCUT2D eigenvalue weighted by Gasteiger charge is 2.29. The number of ether oxygens (including phenoxy) is 1. The summed E-state index contributed by atoms with van der Waals surface area (Å²) in [5, 5.41) is 3.45. The lowest BCUT2D eigenvalue weighted by molar-refractivity contribution is -0.0273. The van der Waals surface area contributed by atoms with Crippen LogP contribution in [0.1, 0.15) is 31.7 Å². The molecular formula is C14H20FNO. The zero-order valence-electron chi connectivity index (χ0n) is 10.3. The fourth-order valence-electron chi connectivity index (χ4n) is 2.04. The standard InChI is InChI=1S/C14H20FNO/c1-2-7-16-12-8-13(9-12)17-10-11-5-3-4-6-14(11)15/h3-6,12-13,16H,2,7-10H2,1H3. The second-order valence-electron chi connectivity index (χ2n) is 4.65. The second kappa shape index (κ2) is 6.12. The number of hydrogen-bond acceptors (Lipinski definition) is 2. The average Bonchev–Trinajstić information content (AvgIpc) is 2.28. The normalized spacial score (nSPS) is 23.4. The van der Waals surface area contributed by atoms with Crippen molar-refractivity contribution in [1.82, 2.24) is 5.32 Å². The summed E-state index contributed by atoms with van der Waals surface area (Å²) in [6.07, 6.45) is 3.56. The molecule has 0 amide bonds. The first kappa shape index (κ1) is 12.5. The van der Waals surface area contributed by atoms with Crippen molar-refractivity contribution < 1.29 is 9.13 Å². The summed E-state index contributed by atoms with van der Waals surface area (Å²) in [5.74, 6) is -0.174. The van der Waals surface area contributed by atoms with Gasteiger partial charge in [0.15, 0.2) is 0 Å².